The first-order chi connectivity index (χ1) is 10.5. The zero-order chi connectivity index (χ0) is 16.1. The largest absolute Gasteiger partial charge is 0.338 e. The van der Waals surface area contributed by atoms with Crippen molar-refractivity contribution in [2.24, 2.45) is 7.05 Å². The van der Waals surface area contributed by atoms with E-state index in [0.29, 0.717) is 13.1 Å². The molecule has 0 aliphatic carbocycles. The number of amides is 2. The number of carbonyl (C=O) groups is 1. The zero-order valence-electron chi connectivity index (χ0n) is 13.7. The van der Waals surface area contributed by atoms with Crippen molar-refractivity contribution in [2.75, 3.05) is 6.54 Å². The van der Waals surface area contributed by atoms with E-state index in [9.17, 15) is 4.79 Å². The first-order valence-corrected chi connectivity index (χ1v) is 7.52. The van der Waals surface area contributed by atoms with Gasteiger partial charge in [0.25, 0.3) is 0 Å². The van der Waals surface area contributed by atoms with Gasteiger partial charge in [-0.2, -0.15) is 5.10 Å². The topological polar surface area (TPSA) is 59.0 Å². The second-order valence-corrected chi connectivity index (χ2v) is 5.68. The monoisotopic (exact) mass is 300 g/mol. The van der Waals surface area contributed by atoms with E-state index < -0.39 is 0 Å². The van der Waals surface area contributed by atoms with Crippen LogP contribution in [-0.4, -0.2) is 22.4 Å². The Morgan fingerprint density at radius 1 is 1.18 bits per heavy atom. The van der Waals surface area contributed by atoms with Crippen molar-refractivity contribution >= 4 is 6.03 Å². The molecule has 0 aliphatic rings. The first kappa shape index (κ1) is 16.1. The van der Waals surface area contributed by atoms with Crippen LogP contribution in [-0.2, 0) is 20.0 Å². The van der Waals surface area contributed by atoms with E-state index in [-0.39, 0.29) is 6.03 Å². The molecule has 2 N–H and O–H groups in total. The van der Waals surface area contributed by atoms with Gasteiger partial charge in [0.1, 0.15) is 0 Å². The van der Waals surface area contributed by atoms with Gasteiger partial charge >= 0.3 is 6.03 Å². The zero-order valence-corrected chi connectivity index (χ0v) is 13.7. The van der Waals surface area contributed by atoms with Gasteiger partial charge in [0.05, 0.1) is 0 Å². The van der Waals surface area contributed by atoms with Crippen LogP contribution in [0.15, 0.2) is 24.4 Å². The Morgan fingerprint density at radius 2 is 1.86 bits per heavy atom. The Morgan fingerprint density at radius 3 is 2.45 bits per heavy atom. The molecule has 0 atom stereocenters. The summed E-state index contributed by atoms with van der Waals surface area (Å²) in [6.45, 7) is 7.39. The molecular formula is C17H24N4O. The molecule has 0 aliphatic heterocycles. The highest BCUT2D eigenvalue weighted by Crippen LogP contribution is 2.15. The van der Waals surface area contributed by atoms with Crippen LogP contribution < -0.4 is 10.6 Å². The van der Waals surface area contributed by atoms with Crippen LogP contribution in [0.3, 0.4) is 0 Å². The van der Waals surface area contributed by atoms with E-state index in [4.69, 9.17) is 0 Å². The van der Waals surface area contributed by atoms with E-state index in [0.717, 1.165) is 12.1 Å². The average molecular weight is 300 g/mol. The number of benzene rings is 1. The molecule has 5 nitrogen and oxygen atoms in total. The predicted molar refractivity (Wildman–Crippen MR) is 87.8 cm³/mol. The summed E-state index contributed by atoms with van der Waals surface area (Å²) in [6, 6.07) is 6.11. The molecule has 2 amide bonds. The maximum atomic E-state index is 11.9. The SMILES string of the molecule is Cc1cc(C)c(CNC(=O)NCCc2ccnn2C)c(C)c1. The molecule has 0 bridgehead atoms. The molecule has 22 heavy (non-hydrogen) atoms. The number of nitrogens with zero attached hydrogens (tertiary/aromatic N) is 2. The molecule has 118 valence electrons. The standard InChI is InChI=1S/C17H24N4O/c1-12-9-13(2)16(14(3)10-12)11-19-17(22)18-7-5-15-6-8-20-21(15)4/h6,8-10H,5,7,11H2,1-4H3,(H2,18,19,22). The highest BCUT2D eigenvalue weighted by atomic mass is 16.2. The third-order valence-corrected chi connectivity index (χ3v) is 3.86. The lowest BCUT2D eigenvalue weighted by Gasteiger charge is -2.13. The van der Waals surface area contributed by atoms with Crippen LogP contribution in [0.25, 0.3) is 0 Å². The number of carbonyl (C=O) groups excluding carboxylic acids is 1. The Bertz CT molecular complexity index is 637. The van der Waals surface area contributed by atoms with Gasteiger partial charge in [-0.1, -0.05) is 17.7 Å². The van der Waals surface area contributed by atoms with Gasteiger partial charge in [0.2, 0.25) is 0 Å². The molecule has 0 radical (unpaired) electrons. The smallest absolute Gasteiger partial charge is 0.315 e. The molecule has 2 aromatic rings. The number of aryl methyl sites for hydroxylation is 4. The number of rotatable bonds is 5. The molecular weight excluding hydrogens is 276 g/mol. The van der Waals surface area contributed by atoms with E-state index >= 15 is 0 Å². The van der Waals surface area contributed by atoms with Gasteiger partial charge in [-0.25, -0.2) is 4.79 Å². The third-order valence-electron chi connectivity index (χ3n) is 3.86. The van der Waals surface area contributed by atoms with E-state index in [1.54, 1.807) is 6.20 Å². The van der Waals surface area contributed by atoms with Crippen LogP contribution in [0.5, 0.6) is 0 Å². The first-order valence-electron chi connectivity index (χ1n) is 7.52. The third kappa shape index (κ3) is 4.10. The second kappa shape index (κ2) is 7.11. The normalized spacial score (nSPS) is 10.5. The molecule has 2 rings (SSSR count). The lowest BCUT2D eigenvalue weighted by atomic mass is 10.00. The molecule has 1 heterocycles. The molecule has 0 fully saturated rings. The number of nitrogens with one attached hydrogen (secondary N) is 2. The highest BCUT2D eigenvalue weighted by Gasteiger charge is 2.06. The maximum absolute atomic E-state index is 11.9. The van der Waals surface area contributed by atoms with Crippen molar-refractivity contribution in [3.05, 3.63) is 52.3 Å². The van der Waals surface area contributed by atoms with Gasteiger partial charge in [-0.05, 0) is 43.5 Å². The fourth-order valence-electron chi connectivity index (χ4n) is 2.67. The van der Waals surface area contributed by atoms with Crippen LogP contribution in [0.2, 0.25) is 0 Å². The van der Waals surface area contributed by atoms with Gasteiger partial charge in [0, 0.05) is 38.4 Å². The fraction of sp³-hybridized carbons (Fsp3) is 0.412. The van der Waals surface area contributed by atoms with Crippen molar-refractivity contribution in [1.29, 1.82) is 0 Å². The van der Waals surface area contributed by atoms with Crippen LogP contribution in [0.1, 0.15) is 27.9 Å². The van der Waals surface area contributed by atoms with Gasteiger partial charge in [0.15, 0.2) is 0 Å². The molecule has 0 unspecified atom stereocenters. The van der Waals surface area contributed by atoms with Crippen molar-refractivity contribution in [2.45, 2.75) is 33.7 Å². The second-order valence-electron chi connectivity index (χ2n) is 5.68. The number of aromatic nitrogens is 2. The van der Waals surface area contributed by atoms with Crippen molar-refractivity contribution in [1.82, 2.24) is 20.4 Å². The van der Waals surface area contributed by atoms with E-state index in [1.165, 1.54) is 22.3 Å². The van der Waals surface area contributed by atoms with Gasteiger partial charge in [-0.3, -0.25) is 4.68 Å². The summed E-state index contributed by atoms with van der Waals surface area (Å²) in [6.07, 6.45) is 2.53. The Kier molecular flexibility index (Phi) is 5.20. The summed E-state index contributed by atoms with van der Waals surface area (Å²) in [4.78, 5) is 11.9. The Hall–Kier alpha value is -2.30. The van der Waals surface area contributed by atoms with Crippen LogP contribution >= 0.6 is 0 Å². The Balaban J connectivity index is 1.80. The van der Waals surface area contributed by atoms with Crippen molar-refractivity contribution < 1.29 is 4.79 Å². The molecule has 0 spiro atoms. The molecule has 5 heteroatoms. The summed E-state index contributed by atoms with van der Waals surface area (Å²) in [5, 5.41) is 9.91. The molecule has 0 saturated heterocycles. The van der Waals surface area contributed by atoms with Crippen molar-refractivity contribution in [3.8, 4) is 0 Å². The average Bonchev–Trinajstić information content (AvgIpc) is 2.83. The minimum absolute atomic E-state index is 0.137. The minimum Gasteiger partial charge on any atom is -0.338 e. The summed E-state index contributed by atoms with van der Waals surface area (Å²) in [7, 11) is 1.90. The summed E-state index contributed by atoms with van der Waals surface area (Å²) >= 11 is 0. The number of hydrogen-bond acceptors (Lipinski definition) is 2. The van der Waals surface area contributed by atoms with Crippen LogP contribution in [0.4, 0.5) is 4.79 Å². The van der Waals surface area contributed by atoms with E-state index in [2.05, 4.69) is 48.6 Å². The quantitative estimate of drug-likeness (QED) is 0.890. The summed E-state index contributed by atoms with van der Waals surface area (Å²) in [5.74, 6) is 0. The molecule has 0 saturated carbocycles. The maximum Gasteiger partial charge on any atom is 0.315 e. The fourth-order valence-corrected chi connectivity index (χ4v) is 2.67. The lowest BCUT2D eigenvalue weighted by Crippen LogP contribution is -2.36. The summed E-state index contributed by atoms with van der Waals surface area (Å²) < 4.78 is 1.82. The lowest BCUT2D eigenvalue weighted by molar-refractivity contribution is 0.240. The van der Waals surface area contributed by atoms with Crippen LogP contribution in [0, 0.1) is 20.8 Å². The summed E-state index contributed by atoms with van der Waals surface area (Å²) in [5.41, 5.74) is 5.97. The van der Waals surface area contributed by atoms with Gasteiger partial charge in [-0.15, -0.1) is 0 Å². The van der Waals surface area contributed by atoms with Gasteiger partial charge < -0.3 is 10.6 Å². The highest BCUT2D eigenvalue weighted by molar-refractivity contribution is 5.73. The van der Waals surface area contributed by atoms with Crippen molar-refractivity contribution in [3.63, 3.8) is 0 Å². The predicted octanol–water partition coefficient (Wildman–Crippen LogP) is 2.39. The Labute approximate surface area is 131 Å². The minimum atomic E-state index is -0.137. The molecule has 1 aromatic carbocycles. The number of hydrogen-bond donors (Lipinski definition) is 2. The molecule has 1 aromatic heterocycles. The number of urea groups is 1. The van der Waals surface area contributed by atoms with E-state index in [1.807, 2.05) is 17.8 Å².